The van der Waals surface area contributed by atoms with Crippen molar-refractivity contribution >= 4 is 11.4 Å². The third kappa shape index (κ3) is 3.23. The van der Waals surface area contributed by atoms with Crippen LogP contribution in [-0.4, -0.2) is 31.3 Å². The monoisotopic (exact) mass is 232 g/mol. The van der Waals surface area contributed by atoms with Crippen LogP contribution in [0.25, 0.3) is 0 Å². The second-order valence-electron chi connectivity index (χ2n) is 3.24. The Bertz CT molecular complexity index is 348. The van der Waals surface area contributed by atoms with Crippen LogP contribution in [0.2, 0.25) is 0 Å². The van der Waals surface area contributed by atoms with Crippen LogP contribution in [-0.2, 0) is 0 Å². The van der Waals surface area contributed by atoms with Crippen molar-refractivity contribution in [2.24, 2.45) is 0 Å². The Labute approximate surface area is 92.0 Å². The topological polar surface area (TPSA) is 67.5 Å². The summed E-state index contributed by atoms with van der Waals surface area (Å²) in [4.78, 5) is 0. The highest BCUT2D eigenvalue weighted by Gasteiger charge is 2.16. The van der Waals surface area contributed by atoms with Crippen LogP contribution in [0.4, 0.5) is 20.2 Å². The molecule has 0 bridgehead atoms. The summed E-state index contributed by atoms with van der Waals surface area (Å²) in [7, 11) is 1.46. The van der Waals surface area contributed by atoms with Gasteiger partial charge >= 0.3 is 0 Å². The average Bonchev–Trinajstić information content (AvgIpc) is 2.27. The lowest BCUT2D eigenvalue weighted by atomic mass is 10.2. The number of nitrogens with one attached hydrogen (secondary N) is 1. The minimum absolute atomic E-state index is 0.231. The van der Waals surface area contributed by atoms with E-state index in [1.807, 2.05) is 0 Å². The first-order valence-corrected chi connectivity index (χ1v) is 4.68. The highest BCUT2D eigenvalue weighted by atomic mass is 19.3. The molecule has 0 heterocycles. The average molecular weight is 232 g/mol. The fourth-order valence-corrected chi connectivity index (χ4v) is 1.13. The van der Waals surface area contributed by atoms with E-state index in [-0.39, 0.29) is 6.54 Å². The Morgan fingerprint density at radius 2 is 2.19 bits per heavy atom. The maximum absolute atomic E-state index is 12.0. The minimum atomic E-state index is -2.76. The van der Waals surface area contributed by atoms with Gasteiger partial charge in [0.15, 0.2) is 0 Å². The van der Waals surface area contributed by atoms with Crippen molar-refractivity contribution < 1.29 is 18.6 Å². The molecule has 0 spiro atoms. The first-order chi connectivity index (χ1) is 7.54. The second kappa shape index (κ2) is 5.50. The van der Waals surface area contributed by atoms with Crippen molar-refractivity contribution in [3.8, 4) is 5.75 Å². The van der Waals surface area contributed by atoms with Gasteiger partial charge in [-0.2, -0.15) is 0 Å². The molecule has 0 saturated carbocycles. The van der Waals surface area contributed by atoms with Crippen LogP contribution in [0.5, 0.6) is 5.75 Å². The first kappa shape index (κ1) is 12.5. The third-order valence-corrected chi connectivity index (χ3v) is 2.04. The lowest BCUT2D eigenvalue weighted by molar-refractivity contribution is 0.00384. The van der Waals surface area contributed by atoms with Gasteiger partial charge in [-0.05, 0) is 12.1 Å². The molecule has 1 aromatic carbocycles. The molecule has 0 aliphatic rings. The predicted molar refractivity (Wildman–Crippen MR) is 57.9 cm³/mol. The van der Waals surface area contributed by atoms with Crippen LogP contribution in [0.15, 0.2) is 18.2 Å². The summed E-state index contributed by atoms with van der Waals surface area (Å²) in [5.74, 6) is 0.455. The first-order valence-electron chi connectivity index (χ1n) is 4.68. The molecule has 16 heavy (non-hydrogen) atoms. The number of benzene rings is 1. The third-order valence-electron chi connectivity index (χ3n) is 2.04. The van der Waals surface area contributed by atoms with E-state index in [4.69, 9.17) is 15.6 Å². The molecule has 90 valence electrons. The van der Waals surface area contributed by atoms with Crippen molar-refractivity contribution in [1.29, 1.82) is 0 Å². The molecule has 0 aliphatic heterocycles. The van der Waals surface area contributed by atoms with Gasteiger partial charge in [0.1, 0.15) is 11.9 Å². The highest BCUT2D eigenvalue weighted by Crippen LogP contribution is 2.24. The van der Waals surface area contributed by atoms with Crippen molar-refractivity contribution in [1.82, 2.24) is 0 Å². The van der Waals surface area contributed by atoms with Gasteiger partial charge in [0.05, 0.1) is 12.8 Å². The second-order valence-corrected chi connectivity index (χ2v) is 3.24. The smallest absolute Gasteiger partial charge is 0.265 e. The maximum atomic E-state index is 12.0. The number of halogens is 2. The molecule has 1 unspecified atom stereocenters. The summed E-state index contributed by atoms with van der Waals surface area (Å²) in [6.45, 7) is -0.231. The zero-order valence-corrected chi connectivity index (χ0v) is 8.78. The molecule has 0 saturated heterocycles. The van der Waals surface area contributed by atoms with E-state index in [0.29, 0.717) is 17.1 Å². The van der Waals surface area contributed by atoms with E-state index in [9.17, 15) is 8.78 Å². The van der Waals surface area contributed by atoms with Gasteiger partial charge in [-0.25, -0.2) is 8.78 Å². The van der Waals surface area contributed by atoms with Gasteiger partial charge in [0.2, 0.25) is 0 Å². The molecule has 6 heteroatoms. The number of nitrogen functional groups attached to an aromatic ring is 1. The molecule has 4 nitrogen and oxygen atoms in total. The Hall–Kier alpha value is -1.56. The number of rotatable bonds is 5. The molecule has 1 atom stereocenters. The summed E-state index contributed by atoms with van der Waals surface area (Å²) in [6, 6.07) is 4.79. The lowest BCUT2D eigenvalue weighted by Crippen LogP contribution is -2.26. The molecule has 0 fully saturated rings. The Kier molecular flexibility index (Phi) is 4.30. The zero-order valence-electron chi connectivity index (χ0n) is 8.78. The lowest BCUT2D eigenvalue weighted by Gasteiger charge is -2.13. The molecule has 0 aliphatic carbocycles. The van der Waals surface area contributed by atoms with Crippen molar-refractivity contribution in [2.45, 2.75) is 12.5 Å². The summed E-state index contributed by atoms with van der Waals surface area (Å²) >= 11 is 0. The molecule has 0 radical (unpaired) electrons. The van der Waals surface area contributed by atoms with E-state index >= 15 is 0 Å². The Morgan fingerprint density at radius 3 is 2.75 bits per heavy atom. The van der Waals surface area contributed by atoms with Crippen molar-refractivity contribution in [2.75, 3.05) is 24.7 Å². The number of hydrogen-bond acceptors (Lipinski definition) is 4. The van der Waals surface area contributed by atoms with Gasteiger partial charge in [0.25, 0.3) is 6.43 Å². The number of anilines is 2. The van der Waals surface area contributed by atoms with E-state index in [1.165, 1.54) is 7.11 Å². The molecule has 0 aromatic heterocycles. The van der Waals surface area contributed by atoms with E-state index in [2.05, 4.69) is 5.32 Å². The molecule has 1 aromatic rings. The number of methoxy groups -OCH3 is 1. The fraction of sp³-hybridized carbons (Fsp3) is 0.400. The van der Waals surface area contributed by atoms with Gasteiger partial charge in [-0.1, -0.05) is 0 Å². The molecular formula is C10H14F2N2O2. The van der Waals surface area contributed by atoms with Gasteiger partial charge < -0.3 is 20.9 Å². The fourth-order valence-electron chi connectivity index (χ4n) is 1.13. The van der Waals surface area contributed by atoms with Gasteiger partial charge in [0, 0.05) is 18.3 Å². The van der Waals surface area contributed by atoms with E-state index < -0.39 is 12.5 Å². The Morgan fingerprint density at radius 1 is 1.50 bits per heavy atom. The van der Waals surface area contributed by atoms with E-state index in [1.54, 1.807) is 18.2 Å². The Balaban J connectivity index is 2.61. The normalized spacial score (nSPS) is 12.6. The summed E-state index contributed by atoms with van der Waals surface area (Å²) < 4.78 is 29.0. The standard InChI is InChI=1S/C10H14F2N2O2/c1-16-9-4-6(2-3-7(9)13)14-5-8(15)10(11)12/h2-4,8,10,14-15H,5,13H2,1H3. The van der Waals surface area contributed by atoms with Crippen LogP contribution in [0, 0.1) is 0 Å². The van der Waals surface area contributed by atoms with Crippen LogP contribution >= 0.6 is 0 Å². The quantitative estimate of drug-likeness (QED) is 0.670. The number of hydrogen-bond donors (Lipinski definition) is 3. The SMILES string of the molecule is COc1cc(NCC(O)C(F)F)ccc1N. The van der Waals surface area contributed by atoms with Crippen LogP contribution < -0.4 is 15.8 Å². The highest BCUT2D eigenvalue weighted by molar-refractivity contribution is 5.61. The maximum Gasteiger partial charge on any atom is 0.265 e. The van der Waals surface area contributed by atoms with Gasteiger partial charge in [-0.15, -0.1) is 0 Å². The predicted octanol–water partition coefficient (Wildman–Crippen LogP) is 1.32. The molecular weight excluding hydrogens is 218 g/mol. The van der Waals surface area contributed by atoms with Crippen molar-refractivity contribution in [3.63, 3.8) is 0 Å². The number of ether oxygens (including phenoxy) is 1. The zero-order chi connectivity index (χ0) is 12.1. The summed E-state index contributed by atoms with van der Waals surface area (Å²) in [5, 5.41) is 11.6. The molecule has 0 amide bonds. The van der Waals surface area contributed by atoms with Crippen LogP contribution in [0.1, 0.15) is 0 Å². The molecule has 1 rings (SSSR count). The van der Waals surface area contributed by atoms with Crippen LogP contribution in [0.3, 0.4) is 0 Å². The van der Waals surface area contributed by atoms with E-state index in [0.717, 1.165) is 0 Å². The number of alkyl halides is 2. The molecule has 4 N–H and O–H groups in total. The number of aliphatic hydroxyl groups is 1. The number of aliphatic hydroxyl groups excluding tert-OH is 1. The summed E-state index contributed by atoms with van der Waals surface area (Å²) in [6.07, 6.45) is -4.45. The summed E-state index contributed by atoms with van der Waals surface area (Å²) in [5.41, 5.74) is 6.60. The van der Waals surface area contributed by atoms with Crippen molar-refractivity contribution in [3.05, 3.63) is 18.2 Å². The number of nitrogens with two attached hydrogens (primary N) is 1. The minimum Gasteiger partial charge on any atom is -0.495 e. The largest absolute Gasteiger partial charge is 0.495 e. The van der Waals surface area contributed by atoms with Gasteiger partial charge in [-0.3, -0.25) is 0 Å².